The molecule has 0 saturated carbocycles. The van der Waals surface area contributed by atoms with Crippen molar-refractivity contribution in [1.29, 1.82) is 0 Å². The zero-order chi connectivity index (χ0) is 14.8. The summed E-state index contributed by atoms with van der Waals surface area (Å²) >= 11 is 0. The van der Waals surface area contributed by atoms with Crippen LogP contribution in [0.3, 0.4) is 0 Å². The Balaban J connectivity index is 2.14. The smallest absolute Gasteiger partial charge is 0.240 e. The minimum absolute atomic E-state index is 0.0262. The molecule has 0 bridgehead atoms. The van der Waals surface area contributed by atoms with Gasteiger partial charge < -0.3 is 5.11 Å². The van der Waals surface area contributed by atoms with Crippen molar-refractivity contribution in [3.63, 3.8) is 0 Å². The summed E-state index contributed by atoms with van der Waals surface area (Å²) in [6.45, 7) is -0.0262. The Bertz CT molecular complexity index is 715. The number of hydrogen-bond donors (Lipinski definition) is 2. The molecular weight excluding hydrogens is 288 g/mol. The minimum Gasteiger partial charge on any atom is -0.508 e. The molecule has 0 aliphatic rings. The molecule has 20 heavy (non-hydrogen) atoms. The van der Waals surface area contributed by atoms with E-state index >= 15 is 0 Å². The zero-order valence-corrected chi connectivity index (χ0v) is 11.0. The topological polar surface area (TPSA) is 66.4 Å². The fourth-order valence-electron chi connectivity index (χ4n) is 1.52. The molecule has 0 radical (unpaired) electrons. The van der Waals surface area contributed by atoms with Gasteiger partial charge in [0.15, 0.2) is 11.6 Å². The summed E-state index contributed by atoms with van der Waals surface area (Å²) in [5.74, 6) is -2.27. The van der Waals surface area contributed by atoms with Crippen LogP contribution in [0.1, 0.15) is 5.56 Å². The van der Waals surface area contributed by atoms with Gasteiger partial charge in [0.2, 0.25) is 10.0 Å². The van der Waals surface area contributed by atoms with Gasteiger partial charge in [-0.2, -0.15) is 0 Å². The number of hydrogen-bond acceptors (Lipinski definition) is 3. The van der Waals surface area contributed by atoms with Gasteiger partial charge in [0.05, 0.1) is 4.90 Å². The molecule has 0 heterocycles. The molecule has 0 atom stereocenters. The summed E-state index contributed by atoms with van der Waals surface area (Å²) < 4.78 is 51.8. The Morgan fingerprint density at radius 1 is 1.00 bits per heavy atom. The first kappa shape index (κ1) is 14.4. The van der Waals surface area contributed by atoms with Crippen molar-refractivity contribution >= 4 is 10.0 Å². The number of halogens is 2. The van der Waals surface area contributed by atoms with Crippen molar-refractivity contribution in [3.05, 3.63) is 59.7 Å². The van der Waals surface area contributed by atoms with Crippen LogP contribution < -0.4 is 4.72 Å². The van der Waals surface area contributed by atoms with E-state index < -0.39 is 21.7 Å². The van der Waals surface area contributed by atoms with Crippen LogP contribution in [0.15, 0.2) is 47.4 Å². The number of phenols is 1. The van der Waals surface area contributed by atoms with Crippen LogP contribution in [-0.2, 0) is 16.6 Å². The van der Waals surface area contributed by atoms with Crippen molar-refractivity contribution in [1.82, 2.24) is 4.72 Å². The predicted octanol–water partition coefficient (Wildman–Crippen LogP) is 2.15. The average Bonchev–Trinajstić information content (AvgIpc) is 2.41. The van der Waals surface area contributed by atoms with E-state index in [9.17, 15) is 17.2 Å². The largest absolute Gasteiger partial charge is 0.508 e. The highest BCUT2D eigenvalue weighted by atomic mass is 32.2. The quantitative estimate of drug-likeness (QED) is 0.909. The normalized spacial score (nSPS) is 11.5. The molecular formula is C13H11F2NO3S. The molecule has 0 aliphatic carbocycles. The molecule has 2 N–H and O–H groups in total. The second-order valence-corrected chi connectivity index (χ2v) is 5.83. The first-order valence-electron chi connectivity index (χ1n) is 5.61. The molecule has 2 aromatic carbocycles. The zero-order valence-electron chi connectivity index (χ0n) is 10.2. The van der Waals surface area contributed by atoms with Crippen molar-refractivity contribution in [2.45, 2.75) is 11.4 Å². The lowest BCUT2D eigenvalue weighted by Crippen LogP contribution is -2.23. The lowest BCUT2D eigenvalue weighted by Gasteiger charge is -2.07. The lowest BCUT2D eigenvalue weighted by molar-refractivity contribution is 0.475. The van der Waals surface area contributed by atoms with E-state index in [1.165, 1.54) is 12.1 Å². The van der Waals surface area contributed by atoms with Gasteiger partial charge in [-0.05, 0) is 35.9 Å². The number of nitrogens with one attached hydrogen (secondary N) is 1. The Morgan fingerprint density at radius 2 is 1.65 bits per heavy atom. The number of benzene rings is 2. The Hall–Kier alpha value is -1.99. The van der Waals surface area contributed by atoms with Crippen LogP contribution in [-0.4, -0.2) is 13.5 Å². The van der Waals surface area contributed by atoms with Crippen molar-refractivity contribution in [2.24, 2.45) is 0 Å². The summed E-state index contributed by atoms with van der Waals surface area (Å²) in [4.78, 5) is -0.352. The number of phenolic OH excluding ortho intramolecular Hbond substituents is 1. The molecule has 2 aromatic rings. The highest BCUT2D eigenvalue weighted by Crippen LogP contribution is 2.15. The maximum atomic E-state index is 13.0. The molecule has 2 rings (SSSR count). The molecule has 0 saturated heterocycles. The molecule has 0 aliphatic heterocycles. The third-order valence-corrected chi connectivity index (χ3v) is 4.00. The number of sulfonamides is 1. The van der Waals surface area contributed by atoms with Gasteiger partial charge in [0, 0.05) is 6.54 Å². The van der Waals surface area contributed by atoms with Gasteiger partial charge in [0.25, 0.3) is 0 Å². The van der Waals surface area contributed by atoms with E-state index in [0.29, 0.717) is 11.6 Å². The summed E-state index contributed by atoms with van der Waals surface area (Å²) in [7, 11) is -3.93. The van der Waals surface area contributed by atoms with Gasteiger partial charge in [-0.25, -0.2) is 21.9 Å². The molecule has 0 fully saturated rings. The summed E-state index contributed by atoms with van der Waals surface area (Å²) in [5.41, 5.74) is 0.619. The van der Waals surface area contributed by atoms with E-state index in [1.54, 1.807) is 12.1 Å². The fraction of sp³-hybridized carbons (Fsp3) is 0.0769. The van der Waals surface area contributed by atoms with Crippen LogP contribution in [0.2, 0.25) is 0 Å². The molecule has 7 heteroatoms. The second-order valence-electron chi connectivity index (χ2n) is 4.07. The van der Waals surface area contributed by atoms with Gasteiger partial charge in [0.1, 0.15) is 5.75 Å². The first-order valence-corrected chi connectivity index (χ1v) is 7.09. The molecule has 0 unspecified atom stereocenters. The van der Waals surface area contributed by atoms with Crippen molar-refractivity contribution < 1.29 is 22.3 Å². The third-order valence-electron chi connectivity index (χ3n) is 2.60. The summed E-state index contributed by atoms with van der Waals surface area (Å²) in [6.07, 6.45) is 0. The third kappa shape index (κ3) is 3.31. The van der Waals surface area contributed by atoms with Crippen LogP contribution in [0, 0.1) is 11.6 Å². The molecule has 0 amide bonds. The van der Waals surface area contributed by atoms with Gasteiger partial charge in [-0.3, -0.25) is 0 Å². The maximum Gasteiger partial charge on any atom is 0.240 e. The average molecular weight is 299 g/mol. The highest BCUT2D eigenvalue weighted by Gasteiger charge is 2.16. The second kappa shape index (κ2) is 5.56. The minimum atomic E-state index is -3.93. The SMILES string of the molecule is O=S(=O)(NCc1ccc(O)cc1)c1ccc(F)c(F)c1. The van der Waals surface area contributed by atoms with Crippen LogP contribution in [0.5, 0.6) is 5.75 Å². The number of aromatic hydroxyl groups is 1. The van der Waals surface area contributed by atoms with Crippen molar-refractivity contribution in [2.75, 3.05) is 0 Å². The Labute approximate surface area is 114 Å². The van der Waals surface area contributed by atoms with E-state index in [2.05, 4.69) is 4.72 Å². The van der Waals surface area contributed by atoms with Gasteiger partial charge in [-0.1, -0.05) is 12.1 Å². The summed E-state index contributed by atoms with van der Waals surface area (Å²) in [5, 5.41) is 9.10. The van der Waals surface area contributed by atoms with E-state index in [0.717, 1.165) is 12.1 Å². The maximum absolute atomic E-state index is 13.0. The van der Waals surface area contributed by atoms with Gasteiger partial charge in [-0.15, -0.1) is 0 Å². The molecule has 4 nitrogen and oxygen atoms in total. The van der Waals surface area contributed by atoms with Crippen molar-refractivity contribution in [3.8, 4) is 5.75 Å². The monoisotopic (exact) mass is 299 g/mol. The van der Waals surface area contributed by atoms with Crippen LogP contribution in [0.25, 0.3) is 0 Å². The Morgan fingerprint density at radius 3 is 2.25 bits per heavy atom. The summed E-state index contributed by atoms with van der Waals surface area (Å²) in [6, 6.07) is 8.28. The molecule has 0 aromatic heterocycles. The van der Waals surface area contributed by atoms with E-state index in [-0.39, 0.29) is 17.2 Å². The van der Waals surface area contributed by atoms with E-state index in [4.69, 9.17) is 5.11 Å². The first-order chi connectivity index (χ1) is 9.38. The highest BCUT2D eigenvalue weighted by molar-refractivity contribution is 7.89. The van der Waals surface area contributed by atoms with Gasteiger partial charge >= 0.3 is 0 Å². The van der Waals surface area contributed by atoms with Crippen LogP contribution >= 0.6 is 0 Å². The predicted molar refractivity (Wildman–Crippen MR) is 68.5 cm³/mol. The Kier molecular flexibility index (Phi) is 4.01. The van der Waals surface area contributed by atoms with E-state index in [1.807, 2.05) is 0 Å². The van der Waals surface area contributed by atoms with Crippen LogP contribution in [0.4, 0.5) is 8.78 Å². The fourth-order valence-corrected chi connectivity index (χ4v) is 2.55. The molecule has 106 valence electrons. The number of rotatable bonds is 4. The standard InChI is InChI=1S/C13H11F2NO3S/c14-12-6-5-11(7-13(12)15)20(18,19)16-8-9-1-3-10(17)4-2-9/h1-7,16-17H,8H2. The lowest BCUT2D eigenvalue weighted by atomic mass is 10.2. The molecule has 0 spiro atoms.